The van der Waals surface area contributed by atoms with Crippen LogP contribution in [0.15, 0.2) is 53.6 Å². The maximum atomic E-state index is 11.8. The lowest BCUT2D eigenvalue weighted by Crippen LogP contribution is -2.10. The highest BCUT2D eigenvalue weighted by atomic mass is 32.2. The van der Waals surface area contributed by atoms with Gasteiger partial charge in [-0.3, -0.25) is 0 Å². The zero-order valence-corrected chi connectivity index (χ0v) is 10.0. The Hall–Kier alpha value is -1.88. The first-order chi connectivity index (χ1) is 8.08. The lowest BCUT2D eigenvalue weighted by atomic mass is 10.3. The van der Waals surface area contributed by atoms with Crippen molar-refractivity contribution in [1.29, 1.82) is 0 Å². The fourth-order valence-corrected chi connectivity index (χ4v) is 2.16. The second-order valence-corrected chi connectivity index (χ2v) is 5.07. The molecule has 0 radical (unpaired) electrons. The number of hydrogen-bond donors (Lipinski definition) is 0. The second-order valence-electron chi connectivity index (χ2n) is 3.52. The number of hydrogen-bond acceptors (Lipinski definition) is 4. The van der Waals surface area contributed by atoms with Crippen molar-refractivity contribution < 1.29 is 12.6 Å². The van der Waals surface area contributed by atoms with Crippen molar-refractivity contribution in [3.05, 3.63) is 54.2 Å². The Morgan fingerprint density at radius 3 is 2.35 bits per heavy atom. The number of aromatic nitrogens is 1. The zero-order chi connectivity index (χ0) is 12.3. The lowest BCUT2D eigenvalue weighted by Gasteiger charge is -2.05. The maximum Gasteiger partial charge on any atom is 0.340 e. The summed E-state index contributed by atoms with van der Waals surface area (Å²) in [4.78, 5) is 4.00. The summed E-state index contributed by atoms with van der Waals surface area (Å²) in [6, 6.07) is 11.2. The van der Waals surface area contributed by atoms with E-state index < -0.39 is 10.1 Å². The van der Waals surface area contributed by atoms with E-state index >= 15 is 0 Å². The summed E-state index contributed by atoms with van der Waals surface area (Å²) < 4.78 is 28.6. The van der Waals surface area contributed by atoms with Crippen LogP contribution in [-0.4, -0.2) is 13.4 Å². The molecule has 0 bridgehead atoms. The van der Waals surface area contributed by atoms with Crippen molar-refractivity contribution in [1.82, 2.24) is 4.98 Å². The summed E-state index contributed by atoms with van der Waals surface area (Å²) in [7, 11) is -3.79. The average Bonchev–Trinajstić information content (AvgIpc) is 2.33. The van der Waals surface area contributed by atoms with Crippen molar-refractivity contribution in [2.75, 3.05) is 0 Å². The SMILES string of the molecule is Cc1ccc(OS(=O)(=O)c2ccccc2)nc1. The molecule has 0 N–H and O–H groups in total. The van der Waals surface area contributed by atoms with Gasteiger partial charge in [0, 0.05) is 12.3 Å². The van der Waals surface area contributed by atoms with Crippen LogP contribution in [0.5, 0.6) is 5.88 Å². The Balaban J connectivity index is 2.27. The van der Waals surface area contributed by atoms with Crippen LogP contribution in [0.3, 0.4) is 0 Å². The van der Waals surface area contributed by atoms with Gasteiger partial charge in [-0.15, -0.1) is 0 Å². The van der Waals surface area contributed by atoms with E-state index in [1.165, 1.54) is 18.2 Å². The predicted molar refractivity (Wildman–Crippen MR) is 63.2 cm³/mol. The summed E-state index contributed by atoms with van der Waals surface area (Å²) >= 11 is 0. The van der Waals surface area contributed by atoms with Gasteiger partial charge >= 0.3 is 10.1 Å². The smallest absolute Gasteiger partial charge is 0.340 e. The van der Waals surface area contributed by atoms with Gasteiger partial charge in [0.15, 0.2) is 0 Å². The summed E-state index contributed by atoms with van der Waals surface area (Å²) in [5.41, 5.74) is 0.939. The normalized spacial score (nSPS) is 11.1. The van der Waals surface area contributed by atoms with Gasteiger partial charge in [-0.2, -0.15) is 8.42 Å². The van der Waals surface area contributed by atoms with Crippen LogP contribution < -0.4 is 4.18 Å². The molecule has 5 heteroatoms. The molecule has 0 unspecified atom stereocenters. The van der Waals surface area contributed by atoms with Crippen molar-refractivity contribution in [2.45, 2.75) is 11.8 Å². The summed E-state index contributed by atoms with van der Waals surface area (Å²) in [6.45, 7) is 1.86. The average molecular weight is 249 g/mol. The minimum atomic E-state index is -3.79. The summed E-state index contributed by atoms with van der Waals surface area (Å²) in [5.74, 6) is 0.0689. The van der Waals surface area contributed by atoms with Crippen molar-refractivity contribution in [3.8, 4) is 5.88 Å². The standard InChI is InChI=1S/C12H11NO3S/c1-10-7-8-12(13-9-10)16-17(14,15)11-5-3-2-4-6-11/h2-9H,1H3. The quantitative estimate of drug-likeness (QED) is 0.782. The van der Waals surface area contributed by atoms with Crippen LogP contribution in [0, 0.1) is 6.92 Å². The van der Waals surface area contributed by atoms with Gasteiger partial charge in [0.2, 0.25) is 5.88 Å². The van der Waals surface area contributed by atoms with Crippen LogP contribution in [0.2, 0.25) is 0 Å². The van der Waals surface area contributed by atoms with Crippen LogP contribution in [0.4, 0.5) is 0 Å². The van der Waals surface area contributed by atoms with E-state index in [1.54, 1.807) is 30.5 Å². The third-order valence-electron chi connectivity index (χ3n) is 2.11. The summed E-state index contributed by atoms with van der Waals surface area (Å²) in [5, 5.41) is 0. The van der Waals surface area contributed by atoms with Gasteiger partial charge < -0.3 is 4.18 Å². The highest BCUT2D eigenvalue weighted by molar-refractivity contribution is 7.87. The van der Waals surface area contributed by atoms with Crippen LogP contribution in [-0.2, 0) is 10.1 Å². The largest absolute Gasteiger partial charge is 0.358 e. The van der Waals surface area contributed by atoms with Crippen molar-refractivity contribution in [2.24, 2.45) is 0 Å². The van der Waals surface area contributed by atoms with Crippen LogP contribution in [0.1, 0.15) is 5.56 Å². The summed E-state index contributed by atoms with van der Waals surface area (Å²) in [6.07, 6.45) is 1.55. The van der Waals surface area contributed by atoms with Crippen LogP contribution in [0.25, 0.3) is 0 Å². The Morgan fingerprint density at radius 2 is 1.76 bits per heavy atom. The fourth-order valence-electron chi connectivity index (χ4n) is 1.25. The minimum Gasteiger partial charge on any atom is -0.358 e. The number of pyridine rings is 1. The molecule has 0 saturated carbocycles. The lowest BCUT2D eigenvalue weighted by molar-refractivity contribution is 0.476. The van der Waals surface area contributed by atoms with Crippen molar-refractivity contribution >= 4 is 10.1 Å². The zero-order valence-electron chi connectivity index (χ0n) is 9.20. The molecular formula is C12H11NO3S. The van der Waals surface area contributed by atoms with E-state index in [4.69, 9.17) is 4.18 Å². The molecule has 0 aliphatic rings. The highest BCUT2D eigenvalue weighted by Crippen LogP contribution is 2.15. The minimum absolute atomic E-state index is 0.0689. The number of rotatable bonds is 3. The number of benzene rings is 1. The second kappa shape index (κ2) is 4.55. The first-order valence-corrected chi connectivity index (χ1v) is 6.41. The first-order valence-electron chi connectivity index (χ1n) is 5.00. The van der Waals surface area contributed by atoms with E-state index in [1.807, 2.05) is 6.92 Å². The molecule has 2 rings (SSSR count). The predicted octanol–water partition coefficient (Wildman–Crippen LogP) is 2.16. The van der Waals surface area contributed by atoms with E-state index in [9.17, 15) is 8.42 Å². The molecule has 2 aromatic rings. The molecule has 0 saturated heterocycles. The number of aryl methyl sites for hydroxylation is 1. The molecule has 88 valence electrons. The van der Waals surface area contributed by atoms with E-state index in [2.05, 4.69) is 4.98 Å². The third-order valence-corrected chi connectivity index (χ3v) is 3.35. The topological polar surface area (TPSA) is 56.3 Å². The van der Waals surface area contributed by atoms with E-state index in [0.717, 1.165) is 5.56 Å². The third kappa shape index (κ3) is 2.82. The van der Waals surface area contributed by atoms with E-state index in [0.29, 0.717) is 0 Å². The Labute approximate surface area is 100 Å². The molecule has 1 heterocycles. The van der Waals surface area contributed by atoms with Gasteiger partial charge in [0.1, 0.15) is 4.90 Å². The molecule has 1 aromatic heterocycles. The Bertz CT molecular complexity index is 591. The molecule has 1 aromatic carbocycles. The molecule has 0 spiro atoms. The van der Waals surface area contributed by atoms with E-state index in [-0.39, 0.29) is 10.8 Å². The molecule has 0 aliphatic heterocycles. The molecule has 0 amide bonds. The van der Waals surface area contributed by atoms with Gasteiger partial charge in [0.25, 0.3) is 0 Å². The Morgan fingerprint density at radius 1 is 1.06 bits per heavy atom. The molecular weight excluding hydrogens is 238 g/mol. The molecule has 4 nitrogen and oxygen atoms in total. The van der Waals surface area contributed by atoms with Gasteiger partial charge in [-0.25, -0.2) is 4.98 Å². The number of nitrogens with zero attached hydrogens (tertiary/aromatic N) is 1. The molecule has 0 fully saturated rings. The van der Waals surface area contributed by atoms with Gasteiger partial charge in [0.05, 0.1) is 0 Å². The van der Waals surface area contributed by atoms with Gasteiger partial charge in [-0.05, 0) is 24.6 Å². The van der Waals surface area contributed by atoms with Gasteiger partial charge in [-0.1, -0.05) is 24.3 Å². The highest BCUT2D eigenvalue weighted by Gasteiger charge is 2.16. The van der Waals surface area contributed by atoms with Crippen molar-refractivity contribution in [3.63, 3.8) is 0 Å². The monoisotopic (exact) mass is 249 g/mol. The van der Waals surface area contributed by atoms with Crippen LogP contribution >= 0.6 is 0 Å². The molecule has 0 aliphatic carbocycles. The maximum absolute atomic E-state index is 11.8. The Kier molecular flexibility index (Phi) is 3.10. The molecule has 17 heavy (non-hydrogen) atoms. The molecule has 0 atom stereocenters. The fraction of sp³-hybridized carbons (Fsp3) is 0.0833. The first kappa shape index (κ1) is 11.6.